The van der Waals surface area contributed by atoms with Crippen LogP contribution in [0.1, 0.15) is 46.0 Å². The molecule has 0 bridgehead atoms. The van der Waals surface area contributed by atoms with Crippen LogP contribution in [0, 0.1) is 0 Å². The predicted molar refractivity (Wildman–Crippen MR) is 75.7 cm³/mol. The molecule has 6 nitrogen and oxygen atoms in total. The zero-order valence-electron chi connectivity index (χ0n) is 12.4. The first-order valence-electron chi connectivity index (χ1n) is 7.41. The zero-order chi connectivity index (χ0) is 15.0. The monoisotopic (exact) mass is 286 g/mol. The van der Waals surface area contributed by atoms with E-state index in [2.05, 4.69) is 5.32 Å². The molecule has 2 N–H and O–H groups in total. The second-order valence-corrected chi connectivity index (χ2v) is 5.31. The Morgan fingerprint density at radius 1 is 1.50 bits per heavy atom. The van der Waals surface area contributed by atoms with E-state index in [4.69, 9.17) is 9.84 Å². The van der Waals surface area contributed by atoms with Crippen LogP contribution >= 0.6 is 0 Å². The number of carbonyl (C=O) groups excluding carboxylic acids is 1. The van der Waals surface area contributed by atoms with Gasteiger partial charge in [0.05, 0.1) is 6.10 Å². The molecule has 0 aromatic carbocycles. The van der Waals surface area contributed by atoms with E-state index in [9.17, 15) is 9.59 Å². The summed E-state index contributed by atoms with van der Waals surface area (Å²) in [7, 11) is 0. The van der Waals surface area contributed by atoms with Gasteiger partial charge in [0, 0.05) is 32.2 Å². The number of hydrogen-bond donors (Lipinski definition) is 2. The third kappa shape index (κ3) is 6.23. The van der Waals surface area contributed by atoms with E-state index < -0.39 is 5.97 Å². The summed E-state index contributed by atoms with van der Waals surface area (Å²) >= 11 is 0. The molecule has 0 aromatic rings. The minimum Gasteiger partial charge on any atom is -0.481 e. The molecular formula is C14H26N2O4. The number of carbonyl (C=O) groups is 2. The quantitative estimate of drug-likeness (QED) is 0.713. The smallest absolute Gasteiger partial charge is 0.317 e. The lowest BCUT2D eigenvalue weighted by Crippen LogP contribution is -2.46. The van der Waals surface area contributed by atoms with Gasteiger partial charge in [-0.15, -0.1) is 0 Å². The average Bonchev–Trinajstić information content (AvgIpc) is 2.88. The first-order chi connectivity index (χ1) is 9.52. The molecule has 2 unspecified atom stereocenters. The van der Waals surface area contributed by atoms with Crippen molar-refractivity contribution in [3.05, 3.63) is 0 Å². The van der Waals surface area contributed by atoms with Crippen LogP contribution in [0.5, 0.6) is 0 Å². The fraction of sp³-hybridized carbons (Fsp3) is 0.857. The van der Waals surface area contributed by atoms with Gasteiger partial charge in [-0.2, -0.15) is 0 Å². The molecule has 0 aromatic heterocycles. The Bertz CT molecular complexity index is 316. The highest BCUT2D eigenvalue weighted by Gasteiger charge is 2.22. The predicted octanol–water partition coefficient (Wildman–Crippen LogP) is 1.84. The van der Waals surface area contributed by atoms with Crippen molar-refractivity contribution in [3.63, 3.8) is 0 Å². The summed E-state index contributed by atoms with van der Waals surface area (Å²) in [5.41, 5.74) is 0. The molecule has 1 saturated heterocycles. The number of likely N-dealkylation sites (N-methyl/N-ethyl adjacent to an activating group) is 1. The number of carboxylic acid groups (broad SMARTS) is 1. The number of carboxylic acids is 1. The summed E-state index contributed by atoms with van der Waals surface area (Å²) in [6.07, 6.45) is 3.63. The summed E-state index contributed by atoms with van der Waals surface area (Å²) in [5, 5.41) is 11.5. The molecule has 0 radical (unpaired) electrons. The van der Waals surface area contributed by atoms with Crippen LogP contribution in [-0.4, -0.2) is 53.8 Å². The number of urea groups is 1. The molecule has 1 heterocycles. The van der Waals surface area contributed by atoms with Crippen LogP contribution in [0.4, 0.5) is 4.79 Å². The first-order valence-corrected chi connectivity index (χ1v) is 7.41. The summed E-state index contributed by atoms with van der Waals surface area (Å²) < 4.78 is 5.54. The Morgan fingerprint density at radius 3 is 2.80 bits per heavy atom. The molecule has 2 atom stereocenters. The largest absolute Gasteiger partial charge is 0.481 e. The minimum absolute atomic E-state index is 0.0135. The second-order valence-electron chi connectivity index (χ2n) is 5.31. The van der Waals surface area contributed by atoms with Crippen LogP contribution in [-0.2, 0) is 9.53 Å². The topological polar surface area (TPSA) is 78.9 Å². The maximum atomic E-state index is 12.1. The number of nitrogens with zero attached hydrogens (tertiary/aromatic N) is 1. The SMILES string of the molecule is CCN(CC1CCCO1)C(=O)NC(C)CCCC(=O)O. The number of hydrogen-bond acceptors (Lipinski definition) is 3. The minimum atomic E-state index is -0.794. The van der Waals surface area contributed by atoms with E-state index in [-0.39, 0.29) is 24.6 Å². The molecule has 1 aliphatic heterocycles. The standard InChI is InChI=1S/C14H26N2O4/c1-3-16(10-12-7-5-9-20-12)14(19)15-11(2)6-4-8-13(17)18/h11-12H,3-10H2,1-2H3,(H,15,19)(H,17,18). The summed E-state index contributed by atoms with van der Waals surface area (Å²) in [4.78, 5) is 24.3. The molecule has 1 aliphatic rings. The third-order valence-electron chi connectivity index (χ3n) is 3.51. The number of ether oxygens (including phenoxy) is 1. The molecule has 1 fully saturated rings. The van der Waals surface area contributed by atoms with Gasteiger partial charge in [0.15, 0.2) is 0 Å². The van der Waals surface area contributed by atoms with E-state index >= 15 is 0 Å². The van der Waals surface area contributed by atoms with Crippen LogP contribution in [0.2, 0.25) is 0 Å². The lowest BCUT2D eigenvalue weighted by Gasteiger charge is -2.26. The molecule has 20 heavy (non-hydrogen) atoms. The third-order valence-corrected chi connectivity index (χ3v) is 3.51. The lowest BCUT2D eigenvalue weighted by atomic mass is 10.1. The number of rotatable bonds is 8. The van der Waals surface area contributed by atoms with E-state index in [1.807, 2.05) is 13.8 Å². The van der Waals surface area contributed by atoms with Crippen molar-refractivity contribution in [2.45, 2.75) is 58.1 Å². The van der Waals surface area contributed by atoms with Gasteiger partial charge in [-0.25, -0.2) is 4.79 Å². The van der Waals surface area contributed by atoms with Gasteiger partial charge in [0.25, 0.3) is 0 Å². The van der Waals surface area contributed by atoms with Crippen molar-refractivity contribution >= 4 is 12.0 Å². The second kappa shape index (κ2) is 8.79. The summed E-state index contributed by atoms with van der Waals surface area (Å²) in [5.74, 6) is -0.794. The molecule has 2 amide bonds. The highest BCUT2D eigenvalue weighted by molar-refractivity contribution is 5.74. The highest BCUT2D eigenvalue weighted by Crippen LogP contribution is 2.13. The molecule has 6 heteroatoms. The van der Waals surface area contributed by atoms with Gasteiger partial charge < -0.3 is 20.1 Å². The van der Waals surface area contributed by atoms with E-state index in [1.54, 1.807) is 4.90 Å². The molecule has 0 saturated carbocycles. The van der Waals surface area contributed by atoms with Crippen molar-refractivity contribution in [1.29, 1.82) is 0 Å². The van der Waals surface area contributed by atoms with Gasteiger partial charge >= 0.3 is 12.0 Å². The van der Waals surface area contributed by atoms with E-state index in [1.165, 1.54) is 0 Å². The van der Waals surface area contributed by atoms with Crippen molar-refractivity contribution < 1.29 is 19.4 Å². The fourth-order valence-corrected chi connectivity index (χ4v) is 2.32. The maximum absolute atomic E-state index is 12.1. The van der Waals surface area contributed by atoms with Crippen molar-refractivity contribution in [3.8, 4) is 0 Å². The average molecular weight is 286 g/mol. The Hall–Kier alpha value is -1.30. The fourth-order valence-electron chi connectivity index (χ4n) is 2.32. The Labute approximate surface area is 120 Å². The van der Waals surface area contributed by atoms with Crippen LogP contribution in [0.3, 0.4) is 0 Å². The molecule has 116 valence electrons. The van der Waals surface area contributed by atoms with Gasteiger partial charge in [0.1, 0.15) is 0 Å². The first kappa shape index (κ1) is 16.8. The molecule has 0 spiro atoms. The Balaban J connectivity index is 2.28. The number of amides is 2. The summed E-state index contributed by atoms with van der Waals surface area (Å²) in [6, 6.07) is -0.105. The Kier molecular flexibility index (Phi) is 7.36. The van der Waals surface area contributed by atoms with Crippen molar-refractivity contribution in [1.82, 2.24) is 10.2 Å². The highest BCUT2D eigenvalue weighted by atomic mass is 16.5. The van der Waals surface area contributed by atoms with Crippen LogP contribution in [0.25, 0.3) is 0 Å². The van der Waals surface area contributed by atoms with Gasteiger partial charge in [-0.3, -0.25) is 4.79 Å². The van der Waals surface area contributed by atoms with Crippen molar-refractivity contribution in [2.75, 3.05) is 19.7 Å². The van der Waals surface area contributed by atoms with Gasteiger partial charge in [-0.1, -0.05) is 0 Å². The molecule has 1 rings (SSSR count). The zero-order valence-corrected chi connectivity index (χ0v) is 12.4. The number of nitrogens with one attached hydrogen (secondary N) is 1. The Morgan fingerprint density at radius 2 is 2.25 bits per heavy atom. The van der Waals surface area contributed by atoms with Crippen molar-refractivity contribution in [2.24, 2.45) is 0 Å². The van der Waals surface area contributed by atoms with E-state index in [0.717, 1.165) is 19.4 Å². The maximum Gasteiger partial charge on any atom is 0.317 e. The molecule has 0 aliphatic carbocycles. The van der Waals surface area contributed by atoms with Gasteiger partial charge in [0.2, 0.25) is 0 Å². The normalized spacial score (nSPS) is 19.6. The lowest BCUT2D eigenvalue weighted by molar-refractivity contribution is -0.137. The van der Waals surface area contributed by atoms with Gasteiger partial charge in [-0.05, 0) is 39.5 Å². The van der Waals surface area contributed by atoms with Crippen LogP contribution in [0.15, 0.2) is 0 Å². The summed E-state index contributed by atoms with van der Waals surface area (Å²) in [6.45, 7) is 5.91. The molecular weight excluding hydrogens is 260 g/mol. The number of aliphatic carboxylic acids is 1. The van der Waals surface area contributed by atoms with E-state index in [0.29, 0.717) is 25.9 Å². The van der Waals surface area contributed by atoms with Crippen LogP contribution < -0.4 is 5.32 Å².